The van der Waals surface area contributed by atoms with Gasteiger partial charge in [-0.1, -0.05) is 36.2 Å². The number of aryl methyl sites for hydroxylation is 2. The van der Waals surface area contributed by atoms with Gasteiger partial charge in [-0.3, -0.25) is 0 Å². The minimum absolute atomic E-state index is 0.295. The molecule has 0 fully saturated rings. The van der Waals surface area contributed by atoms with Gasteiger partial charge in [0.1, 0.15) is 0 Å². The van der Waals surface area contributed by atoms with Crippen LogP contribution in [-0.4, -0.2) is 29.8 Å². The average molecular weight is 281 g/mol. The van der Waals surface area contributed by atoms with Gasteiger partial charge in [-0.25, -0.2) is 0 Å². The van der Waals surface area contributed by atoms with Crippen LogP contribution in [0.25, 0.3) is 0 Å². The van der Waals surface area contributed by atoms with E-state index in [1.54, 1.807) is 0 Å². The van der Waals surface area contributed by atoms with Crippen molar-refractivity contribution in [1.29, 1.82) is 0 Å². The molecule has 1 aromatic carbocycles. The molecule has 0 saturated heterocycles. The van der Waals surface area contributed by atoms with Crippen LogP contribution in [0, 0.1) is 13.8 Å². The molecule has 3 heteroatoms. The normalized spacial score (nSPS) is 12.6. The Kier molecular flexibility index (Phi) is 8.19. The first-order valence-electron chi connectivity index (χ1n) is 7.17. The number of hydrogen-bond donors (Lipinski definition) is 2. The number of aliphatic hydroxyl groups excluding tert-OH is 1. The van der Waals surface area contributed by atoms with Gasteiger partial charge in [0.15, 0.2) is 0 Å². The highest BCUT2D eigenvalue weighted by atomic mass is 32.2. The SMILES string of the molecule is CCCNC(CSCCCO)c1cc(C)cc(C)c1. The first-order chi connectivity index (χ1) is 9.17. The third kappa shape index (κ3) is 6.46. The zero-order valence-corrected chi connectivity index (χ0v) is 13.2. The number of benzene rings is 1. The third-order valence-electron chi connectivity index (χ3n) is 3.02. The Hall–Kier alpha value is -0.510. The maximum atomic E-state index is 8.83. The van der Waals surface area contributed by atoms with Crippen molar-refractivity contribution in [3.63, 3.8) is 0 Å². The molecular weight excluding hydrogens is 254 g/mol. The van der Waals surface area contributed by atoms with E-state index in [2.05, 4.69) is 44.3 Å². The van der Waals surface area contributed by atoms with Crippen molar-refractivity contribution in [2.75, 3.05) is 24.7 Å². The summed E-state index contributed by atoms with van der Waals surface area (Å²) >= 11 is 1.92. The largest absolute Gasteiger partial charge is 0.396 e. The highest BCUT2D eigenvalue weighted by Gasteiger charge is 2.11. The summed E-state index contributed by atoms with van der Waals surface area (Å²) in [6, 6.07) is 7.21. The van der Waals surface area contributed by atoms with Crippen molar-refractivity contribution in [2.24, 2.45) is 0 Å². The topological polar surface area (TPSA) is 32.3 Å². The summed E-state index contributed by atoms with van der Waals surface area (Å²) < 4.78 is 0. The van der Waals surface area contributed by atoms with E-state index in [1.807, 2.05) is 11.8 Å². The van der Waals surface area contributed by atoms with E-state index < -0.39 is 0 Å². The van der Waals surface area contributed by atoms with E-state index in [1.165, 1.54) is 16.7 Å². The molecule has 0 aliphatic heterocycles. The lowest BCUT2D eigenvalue weighted by molar-refractivity contribution is 0.296. The van der Waals surface area contributed by atoms with Crippen LogP contribution in [-0.2, 0) is 0 Å². The van der Waals surface area contributed by atoms with Crippen LogP contribution in [0.2, 0.25) is 0 Å². The van der Waals surface area contributed by atoms with E-state index in [-0.39, 0.29) is 0 Å². The molecule has 1 aromatic rings. The number of hydrogen-bond acceptors (Lipinski definition) is 3. The molecule has 1 rings (SSSR count). The van der Waals surface area contributed by atoms with E-state index in [0.717, 1.165) is 30.9 Å². The van der Waals surface area contributed by atoms with E-state index >= 15 is 0 Å². The molecule has 1 atom stereocenters. The van der Waals surface area contributed by atoms with Gasteiger partial charge in [-0.05, 0) is 44.6 Å². The highest BCUT2D eigenvalue weighted by molar-refractivity contribution is 7.99. The van der Waals surface area contributed by atoms with Crippen LogP contribution in [0.1, 0.15) is 42.5 Å². The quantitative estimate of drug-likeness (QED) is 0.680. The van der Waals surface area contributed by atoms with Crippen LogP contribution in [0.3, 0.4) is 0 Å². The van der Waals surface area contributed by atoms with Crippen molar-refractivity contribution < 1.29 is 5.11 Å². The Balaban J connectivity index is 2.65. The molecule has 0 radical (unpaired) electrons. The van der Waals surface area contributed by atoms with Crippen molar-refractivity contribution in [2.45, 2.75) is 39.7 Å². The summed E-state index contributed by atoms with van der Waals surface area (Å²) in [4.78, 5) is 0. The highest BCUT2D eigenvalue weighted by Crippen LogP contribution is 2.21. The summed E-state index contributed by atoms with van der Waals surface area (Å²) in [7, 11) is 0. The Morgan fingerprint density at radius 3 is 2.47 bits per heavy atom. The van der Waals surface area contributed by atoms with Gasteiger partial charge in [-0.2, -0.15) is 11.8 Å². The lowest BCUT2D eigenvalue weighted by Gasteiger charge is -2.20. The molecule has 0 aliphatic carbocycles. The molecule has 19 heavy (non-hydrogen) atoms. The maximum absolute atomic E-state index is 8.83. The lowest BCUT2D eigenvalue weighted by Crippen LogP contribution is -2.24. The standard InChI is InChI=1S/C16H27NOS/c1-4-6-17-16(12-19-8-5-7-18)15-10-13(2)9-14(3)11-15/h9-11,16-18H,4-8,12H2,1-3H3. The van der Waals surface area contributed by atoms with Gasteiger partial charge in [0.2, 0.25) is 0 Å². The van der Waals surface area contributed by atoms with Crippen molar-refractivity contribution >= 4 is 11.8 Å². The molecule has 0 amide bonds. The molecule has 0 heterocycles. The van der Waals surface area contributed by atoms with Crippen molar-refractivity contribution in [3.05, 3.63) is 34.9 Å². The van der Waals surface area contributed by atoms with Crippen LogP contribution in [0.4, 0.5) is 0 Å². The average Bonchev–Trinajstić information content (AvgIpc) is 2.36. The molecule has 0 spiro atoms. The minimum Gasteiger partial charge on any atom is -0.396 e. The van der Waals surface area contributed by atoms with Gasteiger partial charge >= 0.3 is 0 Å². The molecule has 2 N–H and O–H groups in total. The fourth-order valence-electron chi connectivity index (χ4n) is 2.17. The van der Waals surface area contributed by atoms with E-state index in [4.69, 9.17) is 5.11 Å². The smallest absolute Gasteiger partial charge is 0.0438 e. The van der Waals surface area contributed by atoms with Crippen molar-refractivity contribution in [1.82, 2.24) is 5.32 Å². The Morgan fingerprint density at radius 1 is 1.21 bits per heavy atom. The van der Waals surface area contributed by atoms with Gasteiger partial charge in [0.25, 0.3) is 0 Å². The second-order valence-electron chi connectivity index (χ2n) is 5.08. The summed E-state index contributed by atoms with van der Waals surface area (Å²) in [5.74, 6) is 2.11. The molecule has 2 nitrogen and oxygen atoms in total. The van der Waals surface area contributed by atoms with Gasteiger partial charge in [0, 0.05) is 18.4 Å². The molecule has 0 aliphatic rings. The van der Waals surface area contributed by atoms with Crippen LogP contribution < -0.4 is 5.32 Å². The zero-order valence-electron chi connectivity index (χ0n) is 12.4. The second kappa shape index (κ2) is 9.40. The monoisotopic (exact) mass is 281 g/mol. The Labute approximate surface area is 122 Å². The van der Waals surface area contributed by atoms with Crippen LogP contribution in [0.5, 0.6) is 0 Å². The third-order valence-corrected chi connectivity index (χ3v) is 4.16. The molecule has 1 unspecified atom stereocenters. The first-order valence-corrected chi connectivity index (χ1v) is 8.33. The zero-order chi connectivity index (χ0) is 14.1. The first kappa shape index (κ1) is 16.5. The summed E-state index contributed by atoms with van der Waals surface area (Å²) in [6.07, 6.45) is 2.04. The molecule has 0 bridgehead atoms. The minimum atomic E-state index is 0.295. The summed E-state index contributed by atoms with van der Waals surface area (Å²) in [6.45, 7) is 7.87. The Morgan fingerprint density at radius 2 is 1.89 bits per heavy atom. The van der Waals surface area contributed by atoms with E-state index in [9.17, 15) is 0 Å². The van der Waals surface area contributed by atoms with Gasteiger partial charge in [0.05, 0.1) is 0 Å². The number of thioether (sulfide) groups is 1. The number of nitrogens with one attached hydrogen (secondary N) is 1. The number of rotatable bonds is 9. The van der Waals surface area contributed by atoms with Crippen LogP contribution in [0.15, 0.2) is 18.2 Å². The van der Waals surface area contributed by atoms with Gasteiger partial charge in [-0.15, -0.1) is 0 Å². The fourth-order valence-corrected chi connectivity index (χ4v) is 3.22. The van der Waals surface area contributed by atoms with Crippen LogP contribution >= 0.6 is 11.8 Å². The van der Waals surface area contributed by atoms with Gasteiger partial charge < -0.3 is 10.4 Å². The predicted molar refractivity (Wildman–Crippen MR) is 86.0 cm³/mol. The lowest BCUT2D eigenvalue weighted by atomic mass is 10.0. The fraction of sp³-hybridized carbons (Fsp3) is 0.625. The van der Waals surface area contributed by atoms with Crippen molar-refractivity contribution in [3.8, 4) is 0 Å². The summed E-state index contributed by atoms with van der Waals surface area (Å²) in [5.41, 5.74) is 4.06. The molecule has 108 valence electrons. The van der Waals surface area contributed by atoms with E-state index in [0.29, 0.717) is 12.6 Å². The second-order valence-corrected chi connectivity index (χ2v) is 6.23. The molecule has 0 saturated carbocycles. The maximum Gasteiger partial charge on any atom is 0.0438 e. The predicted octanol–water partition coefficient (Wildman–Crippen LogP) is 3.46. The molecular formula is C16H27NOS. The molecule has 0 aromatic heterocycles. The Bertz CT molecular complexity index is 348. The summed E-state index contributed by atoms with van der Waals surface area (Å²) in [5, 5.41) is 12.5. The number of aliphatic hydroxyl groups is 1.